The molecular weight excluding hydrogens is 380 g/mol. The van der Waals surface area contributed by atoms with Crippen molar-refractivity contribution in [3.05, 3.63) is 71.7 Å². The Morgan fingerprint density at radius 3 is 2.37 bits per heavy atom. The fourth-order valence-corrected chi connectivity index (χ4v) is 3.01. The van der Waals surface area contributed by atoms with Crippen LogP contribution in [0.5, 0.6) is 17.2 Å². The minimum Gasteiger partial charge on any atom is -0.493 e. The topological polar surface area (TPSA) is 61.1 Å². The number of unbranched alkanes of at least 4 members (excludes halogenated alkanes) is 1. The molecule has 2 rings (SSSR count). The number of rotatable bonds is 12. The van der Waals surface area contributed by atoms with E-state index in [9.17, 15) is 5.11 Å². The Morgan fingerprint density at radius 2 is 1.77 bits per heavy atom. The zero-order valence-corrected chi connectivity index (χ0v) is 18.3. The van der Waals surface area contributed by atoms with Crippen molar-refractivity contribution >= 4 is 6.08 Å². The molecule has 0 bridgehead atoms. The first-order chi connectivity index (χ1) is 14.6. The normalized spacial score (nSPS) is 13.2. The van der Waals surface area contributed by atoms with Gasteiger partial charge in [-0.2, -0.15) is 0 Å². The highest BCUT2D eigenvalue weighted by Gasteiger charge is 2.12. The molecule has 2 aromatic rings. The van der Waals surface area contributed by atoms with Crippen molar-refractivity contribution in [2.24, 2.45) is 0 Å². The predicted molar refractivity (Wildman–Crippen MR) is 120 cm³/mol. The lowest BCUT2D eigenvalue weighted by Gasteiger charge is -2.12. The zero-order valence-electron chi connectivity index (χ0n) is 18.3. The summed E-state index contributed by atoms with van der Waals surface area (Å²) in [6.45, 7) is 2.07. The summed E-state index contributed by atoms with van der Waals surface area (Å²) in [5, 5.41) is 10.0. The molecule has 0 spiro atoms. The molecule has 0 radical (unpaired) electrons. The Labute approximate surface area is 179 Å². The second-order valence-electron chi connectivity index (χ2n) is 6.95. The summed E-state index contributed by atoms with van der Waals surface area (Å²) in [4.78, 5) is 0. The van der Waals surface area contributed by atoms with E-state index in [1.165, 1.54) is 5.57 Å². The van der Waals surface area contributed by atoms with Gasteiger partial charge in [-0.3, -0.25) is 0 Å². The smallest absolute Gasteiger partial charge is 0.203 e. The van der Waals surface area contributed by atoms with E-state index < -0.39 is 6.10 Å². The molecule has 0 saturated heterocycles. The van der Waals surface area contributed by atoms with Crippen LogP contribution in [0.4, 0.5) is 0 Å². The number of hydrogen-bond donors (Lipinski definition) is 1. The van der Waals surface area contributed by atoms with Gasteiger partial charge in [0, 0.05) is 0 Å². The van der Waals surface area contributed by atoms with Crippen LogP contribution in [0.3, 0.4) is 0 Å². The summed E-state index contributed by atoms with van der Waals surface area (Å²) in [6.07, 6.45) is 14.9. The monoisotopic (exact) mass is 412 g/mol. The summed E-state index contributed by atoms with van der Waals surface area (Å²) in [5.41, 5.74) is 2.23. The molecule has 5 nitrogen and oxygen atoms in total. The number of aliphatic hydroxyl groups is 1. The van der Waals surface area contributed by atoms with E-state index in [1.807, 2.05) is 12.1 Å². The van der Waals surface area contributed by atoms with E-state index in [0.29, 0.717) is 29.4 Å². The predicted octanol–water partition coefficient (Wildman–Crippen LogP) is 6.12. The summed E-state index contributed by atoms with van der Waals surface area (Å²) < 4.78 is 21.3. The minimum atomic E-state index is -0.548. The lowest BCUT2D eigenvalue weighted by Crippen LogP contribution is -1.95. The molecule has 162 valence electrons. The van der Waals surface area contributed by atoms with Gasteiger partial charge in [-0.25, -0.2) is 0 Å². The molecule has 0 amide bonds. The number of methoxy groups -OCH3 is 3. The van der Waals surface area contributed by atoms with Gasteiger partial charge in [-0.05, 0) is 62.4 Å². The first-order valence-electron chi connectivity index (χ1n) is 10.1. The van der Waals surface area contributed by atoms with Crippen LogP contribution in [0.25, 0.3) is 6.08 Å². The van der Waals surface area contributed by atoms with Crippen molar-refractivity contribution in [1.29, 1.82) is 0 Å². The highest BCUT2D eigenvalue weighted by molar-refractivity contribution is 5.62. The summed E-state index contributed by atoms with van der Waals surface area (Å²) in [5.74, 6) is 2.51. The van der Waals surface area contributed by atoms with Crippen LogP contribution in [0, 0.1) is 0 Å². The number of furan rings is 1. The molecule has 0 aliphatic carbocycles. The Kier molecular flexibility index (Phi) is 9.81. The van der Waals surface area contributed by atoms with Crippen LogP contribution in [0.2, 0.25) is 0 Å². The van der Waals surface area contributed by atoms with E-state index in [2.05, 4.69) is 37.3 Å². The SMILES string of the molecule is COc1cc(/C=C\CC/C=C/C=C(\C)CCC(O)c2ccco2)cc(OC)c1OC. The maximum absolute atomic E-state index is 10.0. The second kappa shape index (κ2) is 12.6. The van der Waals surface area contributed by atoms with Crippen LogP contribution in [0.1, 0.15) is 50.0 Å². The van der Waals surface area contributed by atoms with Crippen LogP contribution < -0.4 is 14.2 Å². The van der Waals surface area contributed by atoms with E-state index in [-0.39, 0.29) is 0 Å². The third-order valence-corrected chi connectivity index (χ3v) is 4.70. The van der Waals surface area contributed by atoms with Crippen molar-refractivity contribution in [3.8, 4) is 17.2 Å². The molecule has 0 aliphatic rings. The average Bonchev–Trinajstić information content (AvgIpc) is 3.31. The molecule has 1 aromatic heterocycles. The molecule has 0 aliphatic heterocycles. The van der Waals surface area contributed by atoms with E-state index in [0.717, 1.165) is 24.8 Å². The number of allylic oxidation sites excluding steroid dienone is 5. The van der Waals surface area contributed by atoms with Gasteiger partial charge in [0.25, 0.3) is 0 Å². The molecule has 5 heteroatoms. The quantitative estimate of drug-likeness (QED) is 0.336. The third kappa shape index (κ3) is 7.16. The fraction of sp³-hybridized carbons (Fsp3) is 0.360. The highest BCUT2D eigenvalue weighted by atomic mass is 16.5. The molecule has 30 heavy (non-hydrogen) atoms. The molecule has 1 N–H and O–H groups in total. The molecule has 0 fully saturated rings. The number of hydrogen-bond acceptors (Lipinski definition) is 5. The van der Waals surface area contributed by atoms with Crippen molar-refractivity contribution in [1.82, 2.24) is 0 Å². The van der Waals surface area contributed by atoms with Crippen LogP contribution >= 0.6 is 0 Å². The third-order valence-electron chi connectivity index (χ3n) is 4.70. The Balaban J connectivity index is 1.78. The van der Waals surface area contributed by atoms with Gasteiger partial charge in [-0.1, -0.05) is 36.0 Å². The molecule has 1 aromatic carbocycles. The lowest BCUT2D eigenvalue weighted by molar-refractivity contribution is 0.140. The van der Waals surface area contributed by atoms with Crippen molar-refractivity contribution in [2.75, 3.05) is 21.3 Å². The molecule has 0 saturated carbocycles. The first kappa shape index (κ1) is 23.4. The van der Waals surface area contributed by atoms with Crippen LogP contribution in [-0.2, 0) is 0 Å². The second-order valence-corrected chi connectivity index (χ2v) is 6.95. The maximum Gasteiger partial charge on any atom is 0.203 e. The number of benzene rings is 1. The van der Waals surface area contributed by atoms with E-state index in [4.69, 9.17) is 18.6 Å². The van der Waals surface area contributed by atoms with Gasteiger partial charge in [0.15, 0.2) is 11.5 Å². The molecule has 1 unspecified atom stereocenters. The van der Waals surface area contributed by atoms with Crippen LogP contribution in [0.15, 0.2) is 64.8 Å². The highest BCUT2D eigenvalue weighted by Crippen LogP contribution is 2.38. The van der Waals surface area contributed by atoms with Gasteiger partial charge in [0.05, 0.1) is 27.6 Å². The largest absolute Gasteiger partial charge is 0.493 e. The summed E-state index contributed by atoms with van der Waals surface area (Å²) in [7, 11) is 4.82. The maximum atomic E-state index is 10.0. The Morgan fingerprint density at radius 1 is 1.07 bits per heavy atom. The van der Waals surface area contributed by atoms with Gasteiger partial charge in [0.2, 0.25) is 5.75 Å². The van der Waals surface area contributed by atoms with E-state index in [1.54, 1.807) is 39.7 Å². The Bertz CT molecular complexity index is 821. The zero-order chi connectivity index (χ0) is 21.8. The van der Waals surface area contributed by atoms with E-state index >= 15 is 0 Å². The Hall–Kier alpha value is -2.92. The summed E-state index contributed by atoms with van der Waals surface area (Å²) in [6, 6.07) is 7.45. The molecular formula is C25H32O5. The van der Waals surface area contributed by atoms with Crippen LogP contribution in [-0.4, -0.2) is 26.4 Å². The lowest BCUT2D eigenvalue weighted by atomic mass is 10.1. The standard InChI is InChI=1S/C25H32O5/c1-19(14-15-21(26)22-13-10-16-30-22)11-8-6-5-7-9-12-20-17-23(27-2)25(29-4)24(18-20)28-3/h6,8-13,16-18,21,26H,5,7,14-15H2,1-4H3/b8-6+,12-9-,19-11+. The van der Waals surface area contributed by atoms with Crippen molar-refractivity contribution in [3.63, 3.8) is 0 Å². The first-order valence-corrected chi connectivity index (χ1v) is 10.1. The average molecular weight is 413 g/mol. The van der Waals surface area contributed by atoms with Crippen molar-refractivity contribution in [2.45, 2.75) is 38.7 Å². The van der Waals surface area contributed by atoms with Crippen molar-refractivity contribution < 1.29 is 23.7 Å². The minimum absolute atomic E-state index is 0.548. The number of aliphatic hydroxyl groups excluding tert-OH is 1. The van der Waals surface area contributed by atoms with Gasteiger partial charge in [0.1, 0.15) is 11.9 Å². The van der Waals surface area contributed by atoms with Gasteiger partial charge >= 0.3 is 0 Å². The summed E-state index contributed by atoms with van der Waals surface area (Å²) >= 11 is 0. The van der Waals surface area contributed by atoms with Gasteiger partial charge in [-0.15, -0.1) is 0 Å². The molecule has 1 atom stereocenters. The number of ether oxygens (including phenoxy) is 3. The fourth-order valence-electron chi connectivity index (χ4n) is 3.01. The molecule has 1 heterocycles. The van der Waals surface area contributed by atoms with Gasteiger partial charge < -0.3 is 23.7 Å².